The standard InChI is InChI=1S/C17H24FNO3/c1-17(2,3)22-16(20)19-12-14(11-18)6-5-13-7-9-15(21-4)10-8-13/h7-11H,5-6,12H2,1-4H3,(H,19,20). The minimum Gasteiger partial charge on any atom is -0.497 e. The molecule has 22 heavy (non-hydrogen) atoms. The summed E-state index contributed by atoms with van der Waals surface area (Å²) in [6.45, 7) is 5.48. The van der Waals surface area contributed by atoms with Crippen LogP contribution in [-0.2, 0) is 11.2 Å². The van der Waals surface area contributed by atoms with Gasteiger partial charge in [0.15, 0.2) is 0 Å². The summed E-state index contributed by atoms with van der Waals surface area (Å²) in [5.74, 6) is 0.789. The summed E-state index contributed by atoms with van der Waals surface area (Å²) in [6, 6.07) is 7.62. The average molecular weight is 309 g/mol. The normalized spacial score (nSPS) is 12.0. The van der Waals surface area contributed by atoms with Gasteiger partial charge in [-0.15, -0.1) is 0 Å². The van der Waals surface area contributed by atoms with Crippen molar-refractivity contribution in [1.29, 1.82) is 0 Å². The van der Waals surface area contributed by atoms with Gasteiger partial charge in [0.2, 0.25) is 0 Å². The third kappa shape index (κ3) is 7.11. The number of hydrogen-bond donors (Lipinski definition) is 1. The molecule has 0 radical (unpaired) electrons. The van der Waals surface area contributed by atoms with E-state index in [4.69, 9.17) is 9.47 Å². The van der Waals surface area contributed by atoms with Gasteiger partial charge in [-0.25, -0.2) is 9.18 Å². The summed E-state index contributed by atoms with van der Waals surface area (Å²) in [6.07, 6.45) is 1.21. The lowest BCUT2D eigenvalue weighted by Gasteiger charge is -2.20. The SMILES string of the molecule is COc1ccc(CCC(=CF)CNC(=O)OC(C)(C)C)cc1. The molecular formula is C17H24FNO3. The Morgan fingerprint density at radius 1 is 1.27 bits per heavy atom. The van der Waals surface area contributed by atoms with Crippen LogP contribution in [0.2, 0.25) is 0 Å². The van der Waals surface area contributed by atoms with Crippen LogP contribution in [0, 0.1) is 0 Å². The molecule has 1 rings (SSSR count). The number of aryl methyl sites for hydroxylation is 1. The molecule has 122 valence electrons. The first-order valence-electron chi connectivity index (χ1n) is 7.22. The van der Waals surface area contributed by atoms with Crippen LogP contribution in [0.1, 0.15) is 32.8 Å². The van der Waals surface area contributed by atoms with E-state index in [1.165, 1.54) is 0 Å². The Morgan fingerprint density at radius 3 is 2.41 bits per heavy atom. The Morgan fingerprint density at radius 2 is 1.91 bits per heavy atom. The average Bonchev–Trinajstić information content (AvgIpc) is 2.46. The van der Waals surface area contributed by atoms with E-state index in [0.29, 0.717) is 24.7 Å². The smallest absolute Gasteiger partial charge is 0.407 e. The summed E-state index contributed by atoms with van der Waals surface area (Å²) in [5.41, 5.74) is 1.03. The van der Waals surface area contributed by atoms with Crippen molar-refractivity contribution in [3.63, 3.8) is 0 Å². The highest BCUT2D eigenvalue weighted by Crippen LogP contribution is 2.15. The van der Waals surface area contributed by atoms with E-state index in [0.717, 1.165) is 11.3 Å². The third-order valence-corrected chi connectivity index (χ3v) is 2.91. The number of amides is 1. The van der Waals surface area contributed by atoms with Crippen LogP contribution < -0.4 is 10.1 Å². The van der Waals surface area contributed by atoms with Crippen LogP contribution in [0.25, 0.3) is 0 Å². The monoisotopic (exact) mass is 309 g/mol. The number of halogens is 1. The molecule has 1 amide bonds. The second-order valence-corrected chi connectivity index (χ2v) is 5.97. The van der Waals surface area contributed by atoms with Gasteiger partial charge in [-0.1, -0.05) is 12.1 Å². The highest BCUT2D eigenvalue weighted by atomic mass is 19.1. The number of benzene rings is 1. The zero-order valence-electron chi connectivity index (χ0n) is 13.6. The van der Waals surface area contributed by atoms with Gasteiger partial charge in [0.25, 0.3) is 0 Å². The van der Waals surface area contributed by atoms with Gasteiger partial charge in [0.05, 0.1) is 13.4 Å². The van der Waals surface area contributed by atoms with Crippen molar-refractivity contribution in [3.8, 4) is 5.75 Å². The van der Waals surface area contributed by atoms with Crippen LogP contribution in [0.4, 0.5) is 9.18 Å². The van der Waals surface area contributed by atoms with Crippen LogP contribution >= 0.6 is 0 Å². The van der Waals surface area contributed by atoms with Gasteiger partial charge in [0, 0.05) is 6.54 Å². The van der Waals surface area contributed by atoms with Crippen molar-refractivity contribution in [2.75, 3.05) is 13.7 Å². The predicted molar refractivity (Wildman–Crippen MR) is 84.7 cm³/mol. The molecule has 0 aliphatic heterocycles. The number of ether oxygens (including phenoxy) is 2. The van der Waals surface area contributed by atoms with E-state index in [-0.39, 0.29) is 6.54 Å². The molecular weight excluding hydrogens is 285 g/mol. The Balaban J connectivity index is 2.40. The number of carbonyl (C=O) groups is 1. The predicted octanol–water partition coefficient (Wildman–Crippen LogP) is 4.01. The van der Waals surface area contributed by atoms with Crippen molar-refractivity contribution < 1.29 is 18.7 Å². The van der Waals surface area contributed by atoms with E-state index >= 15 is 0 Å². The zero-order valence-corrected chi connectivity index (χ0v) is 13.6. The molecule has 1 N–H and O–H groups in total. The molecule has 0 bridgehead atoms. The van der Waals surface area contributed by atoms with Crippen molar-refractivity contribution in [3.05, 3.63) is 41.7 Å². The molecule has 0 heterocycles. The first-order chi connectivity index (χ1) is 10.3. The number of carbonyl (C=O) groups excluding carboxylic acids is 1. The van der Waals surface area contributed by atoms with E-state index < -0.39 is 11.7 Å². The third-order valence-electron chi connectivity index (χ3n) is 2.91. The van der Waals surface area contributed by atoms with Gasteiger partial charge in [-0.2, -0.15) is 0 Å². The lowest BCUT2D eigenvalue weighted by atomic mass is 10.1. The molecule has 0 aliphatic carbocycles. The number of alkyl carbamates (subject to hydrolysis) is 1. The van der Waals surface area contributed by atoms with Crippen LogP contribution in [-0.4, -0.2) is 25.3 Å². The topological polar surface area (TPSA) is 47.6 Å². The summed E-state index contributed by atoms with van der Waals surface area (Å²) in [7, 11) is 1.61. The second kappa shape index (κ2) is 8.41. The van der Waals surface area contributed by atoms with Gasteiger partial charge >= 0.3 is 6.09 Å². The van der Waals surface area contributed by atoms with Crippen molar-refractivity contribution in [2.45, 2.75) is 39.2 Å². The van der Waals surface area contributed by atoms with Crippen LogP contribution in [0.5, 0.6) is 5.75 Å². The highest BCUT2D eigenvalue weighted by molar-refractivity contribution is 5.68. The molecule has 1 aromatic rings. The Hall–Kier alpha value is -2.04. The second-order valence-electron chi connectivity index (χ2n) is 5.97. The summed E-state index contributed by atoms with van der Waals surface area (Å²) in [5, 5.41) is 2.56. The molecule has 0 saturated heterocycles. The zero-order chi connectivity index (χ0) is 16.6. The Kier molecular flexibility index (Phi) is 6.89. The number of methoxy groups -OCH3 is 1. The Bertz CT molecular complexity index is 504. The summed E-state index contributed by atoms with van der Waals surface area (Å²) in [4.78, 5) is 11.5. The van der Waals surface area contributed by atoms with E-state index in [1.54, 1.807) is 27.9 Å². The minimum atomic E-state index is -0.563. The molecule has 0 aliphatic rings. The van der Waals surface area contributed by atoms with E-state index in [1.807, 2.05) is 24.3 Å². The lowest BCUT2D eigenvalue weighted by molar-refractivity contribution is 0.0532. The van der Waals surface area contributed by atoms with Crippen molar-refractivity contribution in [2.24, 2.45) is 0 Å². The molecule has 0 spiro atoms. The highest BCUT2D eigenvalue weighted by Gasteiger charge is 2.15. The largest absolute Gasteiger partial charge is 0.497 e. The van der Waals surface area contributed by atoms with Gasteiger partial charge in [0.1, 0.15) is 11.4 Å². The molecule has 0 saturated carbocycles. The fourth-order valence-electron chi connectivity index (χ4n) is 1.78. The van der Waals surface area contributed by atoms with Gasteiger partial charge in [-0.05, 0) is 56.9 Å². The first-order valence-corrected chi connectivity index (χ1v) is 7.22. The number of rotatable bonds is 6. The molecule has 5 heteroatoms. The molecule has 0 fully saturated rings. The lowest BCUT2D eigenvalue weighted by Crippen LogP contribution is -2.33. The fraction of sp³-hybridized carbons (Fsp3) is 0.471. The first kappa shape index (κ1) is 18.0. The van der Waals surface area contributed by atoms with Crippen LogP contribution in [0.15, 0.2) is 36.2 Å². The summed E-state index contributed by atoms with van der Waals surface area (Å²) < 4.78 is 23.1. The molecule has 0 unspecified atom stereocenters. The molecule has 4 nitrogen and oxygen atoms in total. The maximum absolute atomic E-state index is 12.9. The van der Waals surface area contributed by atoms with Gasteiger partial charge in [-0.3, -0.25) is 0 Å². The summed E-state index contributed by atoms with van der Waals surface area (Å²) >= 11 is 0. The molecule has 0 aromatic heterocycles. The fourth-order valence-corrected chi connectivity index (χ4v) is 1.78. The number of nitrogens with one attached hydrogen (secondary N) is 1. The van der Waals surface area contributed by atoms with Crippen molar-refractivity contribution >= 4 is 6.09 Å². The maximum Gasteiger partial charge on any atom is 0.407 e. The van der Waals surface area contributed by atoms with Gasteiger partial charge < -0.3 is 14.8 Å². The quantitative estimate of drug-likeness (QED) is 0.864. The van der Waals surface area contributed by atoms with Crippen LogP contribution in [0.3, 0.4) is 0 Å². The van der Waals surface area contributed by atoms with E-state index in [2.05, 4.69) is 5.32 Å². The van der Waals surface area contributed by atoms with E-state index in [9.17, 15) is 9.18 Å². The Labute approximate surface area is 131 Å². The van der Waals surface area contributed by atoms with Crippen molar-refractivity contribution in [1.82, 2.24) is 5.32 Å². The number of hydrogen-bond acceptors (Lipinski definition) is 3. The molecule has 0 atom stereocenters. The molecule has 1 aromatic carbocycles. The maximum atomic E-state index is 12.9. The minimum absolute atomic E-state index is 0.140.